The minimum Gasteiger partial charge on any atom is -0.355 e. The fourth-order valence-electron chi connectivity index (χ4n) is 1.63. The molecule has 0 spiro atoms. The Morgan fingerprint density at radius 3 is 2.53 bits per heavy atom. The van der Waals surface area contributed by atoms with Crippen molar-refractivity contribution < 1.29 is 4.79 Å². The molecule has 3 heteroatoms. The second-order valence-corrected chi connectivity index (χ2v) is 5.20. The molecule has 1 amide bonds. The largest absolute Gasteiger partial charge is 0.355 e. The number of hydrogen-bond donors (Lipinski definition) is 1. The monoisotopic (exact) mass is 253 g/mol. The summed E-state index contributed by atoms with van der Waals surface area (Å²) in [4.78, 5) is 11.5. The molecular formula is C14H20ClNO. The van der Waals surface area contributed by atoms with Crippen LogP contribution in [0.1, 0.15) is 32.3 Å². The smallest absolute Gasteiger partial charge is 0.220 e. The Balaban J connectivity index is 2.48. The molecular weight excluding hydrogens is 234 g/mol. The van der Waals surface area contributed by atoms with Gasteiger partial charge in [-0.05, 0) is 12.0 Å². The number of amides is 1. The molecule has 17 heavy (non-hydrogen) atoms. The van der Waals surface area contributed by atoms with Gasteiger partial charge in [0.25, 0.3) is 0 Å². The third-order valence-electron chi connectivity index (χ3n) is 2.82. The van der Waals surface area contributed by atoms with E-state index in [1.165, 1.54) is 5.56 Å². The summed E-state index contributed by atoms with van der Waals surface area (Å²) in [6.07, 6.45) is 1.24. The van der Waals surface area contributed by atoms with Gasteiger partial charge in [-0.15, -0.1) is 11.6 Å². The van der Waals surface area contributed by atoms with Crippen LogP contribution in [0.4, 0.5) is 0 Å². The molecule has 0 radical (unpaired) electrons. The number of benzene rings is 1. The van der Waals surface area contributed by atoms with Crippen LogP contribution in [-0.2, 0) is 10.2 Å². The maximum absolute atomic E-state index is 11.5. The normalized spacial score (nSPS) is 11.2. The first-order valence-corrected chi connectivity index (χ1v) is 6.48. The van der Waals surface area contributed by atoms with Crippen molar-refractivity contribution in [3.05, 3.63) is 35.9 Å². The quantitative estimate of drug-likeness (QED) is 0.776. The van der Waals surface area contributed by atoms with Crippen LogP contribution in [0.3, 0.4) is 0 Å². The van der Waals surface area contributed by atoms with Crippen molar-refractivity contribution in [3.63, 3.8) is 0 Å². The average Bonchev–Trinajstić information content (AvgIpc) is 2.35. The molecule has 1 aromatic rings. The van der Waals surface area contributed by atoms with Gasteiger partial charge in [0.2, 0.25) is 5.91 Å². The number of nitrogens with one attached hydrogen (secondary N) is 1. The minimum absolute atomic E-state index is 0.0438. The van der Waals surface area contributed by atoms with Crippen molar-refractivity contribution in [1.82, 2.24) is 5.32 Å². The molecule has 0 aliphatic heterocycles. The van der Waals surface area contributed by atoms with Crippen molar-refractivity contribution in [2.45, 2.75) is 32.1 Å². The maximum Gasteiger partial charge on any atom is 0.220 e. The lowest BCUT2D eigenvalue weighted by atomic mass is 9.84. The average molecular weight is 254 g/mol. The zero-order chi connectivity index (χ0) is 12.7. The van der Waals surface area contributed by atoms with Gasteiger partial charge in [-0.2, -0.15) is 0 Å². The molecule has 0 saturated carbocycles. The summed E-state index contributed by atoms with van der Waals surface area (Å²) in [5, 5.41) is 2.96. The predicted molar refractivity (Wildman–Crippen MR) is 72.4 cm³/mol. The van der Waals surface area contributed by atoms with Crippen molar-refractivity contribution in [3.8, 4) is 0 Å². The molecule has 0 aromatic heterocycles. The van der Waals surface area contributed by atoms with Crippen molar-refractivity contribution in [2.24, 2.45) is 0 Å². The highest BCUT2D eigenvalue weighted by Gasteiger charge is 2.20. The number of carbonyl (C=O) groups excluding carboxylic acids is 1. The van der Waals surface area contributed by atoms with E-state index in [2.05, 4.69) is 31.3 Å². The van der Waals surface area contributed by atoms with Crippen LogP contribution in [0, 0.1) is 0 Å². The Morgan fingerprint density at radius 1 is 1.29 bits per heavy atom. The van der Waals surface area contributed by atoms with Crippen molar-refractivity contribution in [1.29, 1.82) is 0 Å². The fourth-order valence-corrected chi connectivity index (χ4v) is 1.76. The van der Waals surface area contributed by atoms with Gasteiger partial charge in [0, 0.05) is 24.3 Å². The van der Waals surface area contributed by atoms with Crippen LogP contribution in [0.15, 0.2) is 30.3 Å². The fraction of sp³-hybridized carbons (Fsp3) is 0.500. The Morgan fingerprint density at radius 2 is 1.94 bits per heavy atom. The zero-order valence-electron chi connectivity index (χ0n) is 10.5. The van der Waals surface area contributed by atoms with Gasteiger partial charge in [0.1, 0.15) is 0 Å². The van der Waals surface area contributed by atoms with E-state index in [4.69, 9.17) is 11.6 Å². The highest BCUT2D eigenvalue weighted by atomic mass is 35.5. The van der Waals surface area contributed by atoms with Gasteiger partial charge in [-0.25, -0.2) is 0 Å². The van der Waals surface area contributed by atoms with Gasteiger partial charge >= 0.3 is 0 Å². The second kappa shape index (κ2) is 6.65. The van der Waals surface area contributed by atoms with E-state index in [1.54, 1.807) is 0 Å². The van der Waals surface area contributed by atoms with Crippen LogP contribution in [-0.4, -0.2) is 18.3 Å². The molecule has 0 heterocycles. The molecule has 0 saturated heterocycles. The van der Waals surface area contributed by atoms with E-state index in [0.29, 0.717) is 18.8 Å². The molecule has 0 atom stereocenters. The Bertz CT molecular complexity index is 348. The third kappa shape index (κ3) is 4.78. The van der Waals surface area contributed by atoms with Crippen molar-refractivity contribution in [2.75, 3.05) is 12.4 Å². The summed E-state index contributed by atoms with van der Waals surface area (Å²) in [7, 11) is 0. The summed E-state index contributed by atoms with van der Waals surface area (Å²) in [6.45, 7) is 4.91. The van der Waals surface area contributed by atoms with Crippen LogP contribution in [0.5, 0.6) is 0 Å². The highest BCUT2D eigenvalue weighted by molar-refractivity contribution is 6.17. The summed E-state index contributed by atoms with van der Waals surface area (Å²) in [5.74, 6) is 0.616. The van der Waals surface area contributed by atoms with Gasteiger partial charge in [-0.1, -0.05) is 44.2 Å². The maximum atomic E-state index is 11.5. The summed E-state index contributed by atoms with van der Waals surface area (Å²) < 4.78 is 0. The number of hydrogen-bond acceptors (Lipinski definition) is 1. The first-order valence-electron chi connectivity index (χ1n) is 5.94. The molecule has 1 N–H and O–H groups in total. The highest BCUT2D eigenvalue weighted by Crippen LogP contribution is 2.21. The topological polar surface area (TPSA) is 29.1 Å². The minimum atomic E-state index is -0.0438. The molecule has 1 aromatic carbocycles. The number of carbonyl (C=O) groups is 1. The molecule has 0 aliphatic carbocycles. The van der Waals surface area contributed by atoms with Crippen LogP contribution >= 0.6 is 11.6 Å². The van der Waals surface area contributed by atoms with E-state index in [1.807, 2.05) is 18.2 Å². The van der Waals surface area contributed by atoms with E-state index in [-0.39, 0.29) is 11.3 Å². The predicted octanol–water partition coefficient (Wildman–Crippen LogP) is 3.10. The van der Waals surface area contributed by atoms with Crippen molar-refractivity contribution >= 4 is 17.5 Å². The lowest BCUT2D eigenvalue weighted by molar-refractivity contribution is -0.121. The van der Waals surface area contributed by atoms with E-state index < -0.39 is 0 Å². The lowest BCUT2D eigenvalue weighted by Crippen LogP contribution is -2.36. The molecule has 0 unspecified atom stereocenters. The second-order valence-electron chi connectivity index (χ2n) is 4.82. The van der Waals surface area contributed by atoms with Crippen LogP contribution in [0.25, 0.3) is 0 Å². The summed E-state index contributed by atoms with van der Waals surface area (Å²) in [6, 6.07) is 10.2. The third-order valence-corrected chi connectivity index (χ3v) is 3.09. The Hall–Kier alpha value is -1.02. The van der Waals surface area contributed by atoms with Gasteiger partial charge < -0.3 is 5.32 Å². The molecule has 94 valence electrons. The first-order chi connectivity index (χ1) is 8.06. The molecule has 0 aliphatic rings. The first kappa shape index (κ1) is 14.0. The van der Waals surface area contributed by atoms with E-state index >= 15 is 0 Å². The Kier molecular flexibility index (Phi) is 5.49. The van der Waals surface area contributed by atoms with Crippen LogP contribution in [0.2, 0.25) is 0 Å². The van der Waals surface area contributed by atoms with Gasteiger partial charge in [0.15, 0.2) is 0 Å². The number of alkyl halides is 1. The van der Waals surface area contributed by atoms with Gasteiger partial charge in [0.05, 0.1) is 0 Å². The number of halogens is 1. The van der Waals surface area contributed by atoms with E-state index in [0.717, 1.165) is 6.42 Å². The molecule has 0 bridgehead atoms. The Labute approximate surface area is 108 Å². The lowest BCUT2D eigenvalue weighted by Gasteiger charge is -2.25. The zero-order valence-corrected chi connectivity index (χ0v) is 11.3. The van der Waals surface area contributed by atoms with Crippen LogP contribution < -0.4 is 5.32 Å². The molecule has 0 fully saturated rings. The SMILES string of the molecule is CC(C)(CNC(=O)CCCCl)c1ccccc1. The summed E-state index contributed by atoms with van der Waals surface area (Å²) in [5.41, 5.74) is 1.19. The van der Waals surface area contributed by atoms with Gasteiger partial charge in [-0.3, -0.25) is 4.79 Å². The van der Waals surface area contributed by atoms with E-state index in [9.17, 15) is 4.79 Å². The standard InChI is InChI=1S/C14H20ClNO/c1-14(2,12-7-4-3-5-8-12)11-16-13(17)9-6-10-15/h3-5,7-8H,6,9-11H2,1-2H3,(H,16,17). The molecule has 2 nitrogen and oxygen atoms in total. The number of rotatable bonds is 6. The summed E-state index contributed by atoms with van der Waals surface area (Å²) >= 11 is 5.55. The molecule has 1 rings (SSSR count).